The number of azo groups is 2. The van der Waals surface area contributed by atoms with Crippen LogP contribution in [-0.2, 0) is 29.1 Å². The second kappa shape index (κ2) is 7.05. The van der Waals surface area contributed by atoms with E-state index in [1.165, 1.54) is 0 Å². The van der Waals surface area contributed by atoms with Gasteiger partial charge in [-0.15, -0.1) is 20.5 Å². The first kappa shape index (κ1) is 19.6. The van der Waals surface area contributed by atoms with Gasteiger partial charge in [-0.1, -0.05) is 0 Å². The molecule has 110 valence electrons. The number of nitrogens with two attached hydrogens (primary N) is 2. The Morgan fingerprint density at radius 3 is 1.29 bits per heavy atom. The van der Waals surface area contributed by atoms with E-state index in [1.807, 2.05) is 0 Å². The maximum atomic E-state index is 10.2. The molecular weight excluding hydrogens is 384 g/mol. The molecule has 2 atom stereocenters. The average Bonchev–Trinajstić information content (AvgIpc) is 2.85. The van der Waals surface area contributed by atoms with Crippen LogP contribution in [0.3, 0.4) is 0 Å². The van der Waals surface area contributed by atoms with Gasteiger partial charge in [0, 0.05) is 19.5 Å². The maximum absolute atomic E-state index is 10.2. The molecule has 0 aromatic carbocycles. The SMILES string of the molecule is NC1(C(=O)O)N=NC(Cl)=N1.NC1(C(=O)O)N=NC(Cl)=N1.[Zn]. The number of hydrogen-bond acceptors (Lipinski definition) is 10. The number of amidine groups is 2. The predicted octanol–water partition coefficient (Wildman–Crippen LogP) is -0.514. The van der Waals surface area contributed by atoms with Crippen molar-refractivity contribution in [3.05, 3.63) is 0 Å². The number of aliphatic carboxylic acids is 2. The summed E-state index contributed by atoms with van der Waals surface area (Å²) in [6.45, 7) is 0. The monoisotopic (exact) mass is 388 g/mol. The van der Waals surface area contributed by atoms with Crippen molar-refractivity contribution in [1.82, 2.24) is 0 Å². The summed E-state index contributed by atoms with van der Waals surface area (Å²) < 4.78 is 0. The minimum absolute atomic E-state index is 0. The van der Waals surface area contributed by atoms with Crippen LogP contribution in [-0.4, -0.2) is 44.3 Å². The fraction of sp³-hybridized carbons (Fsp3) is 0.333. The van der Waals surface area contributed by atoms with Crippen LogP contribution < -0.4 is 11.5 Å². The molecule has 15 heteroatoms. The zero-order valence-corrected chi connectivity index (χ0v) is 14.5. The van der Waals surface area contributed by atoms with Gasteiger partial charge in [0.05, 0.1) is 0 Å². The summed E-state index contributed by atoms with van der Waals surface area (Å²) in [5.74, 6) is -6.77. The van der Waals surface area contributed by atoms with Crippen LogP contribution in [0.2, 0.25) is 0 Å². The van der Waals surface area contributed by atoms with Crippen molar-refractivity contribution in [2.45, 2.75) is 11.6 Å². The molecule has 2 heterocycles. The minimum atomic E-state index is -2.00. The normalized spacial score (nSPS) is 29.0. The Kier molecular flexibility index (Phi) is 6.58. The number of carbonyl (C=O) groups is 2. The first-order chi connectivity index (χ1) is 9.09. The third-order valence-electron chi connectivity index (χ3n) is 1.72. The first-order valence-corrected chi connectivity index (χ1v) is 5.26. The van der Waals surface area contributed by atoms with Crippen LogP contribution in [0.25, 0.3) is 0 Å². The number of aliphatic imine (C=N–C) groups is 2. The van der Waals surface area contributed by atoms with Crippen molar-refractivity contribution in [1.29, 1.82) is 0 Å². The van der Waals surface area contributed by atoms with Gasteiger partial charge in [-0.3, -0.25) is 11.5 Å². The van der Waals surface area contributed by atoms with E-state index in [0.717, 1.165) is 0 Å². The van der Waals surface area contributed by atoms with E-state index in [-0.39, 0.29) is 30.1 Å². The Morgan fingerprint density at radius 1 is 0.905 bits per heavy atom. The van der Waals surface area contributed by atoms with E-state index in [9.17, 15) is 9.59 Å². The summed E-state index contributed by atoms with van der Waals surface area (Å²) in [6.07, 6.45) is 0. The van der Waals surface area contributed by atoms with E-state index in [2.05, 4.69) is 30.4 Å². The first-order valence-electron chi connectivity index (χ1n) is 4.50. The predicted molar refractivity (Wildman–Crippen MR) is 65.4 cm³/mol. The summed E-state index contributed by atoms with van der Waals surface area (Å²) in [5.41, 5.74) is 10.1. The van der Waals surface area contributed by atoms with Crippen LogP contribution in [0, 0.1) is 0 Å². The number of hydrogen-bond donors (Lipinski definition) is 4. The Morgan fingerprint density at radius 2 is 1.19 bits per heavy atom. The van der Waals surface area contributed by atoms with Crippen LogP contribution >= 0.6 is 23.2 Å². The molecule has 6 N–H and O–H groups in total. The van der Waals surface area contributed by atoms with Gasteiger partial charge in [0.15, 0.2) is 0 Å². The van der Waals surface area contributed by atoms with E-state index >= 15 is 0 Å². The molecule has 2 rings (SSSR count). The van der Waals surface area contributed by atoms with Crippen LogP contribution in [0.1, 0.15) is 0 Å². The molecule has 0 saturated carbocycles. The summed E-state index contributed by atoms with van der Waals surface area (Å²) in [7, 11) is 0. The quantitative estimate of drug-likeness (QED) is 0.361. The number of nitrogens with zero attached hydrogens (tertiary/aromatic N) is 6. The van der Waals surface area contributed by atoms with Gasteiger partial charge < -0.3 is 10.2 Å². The van der Waals surface area contributed by atoms with Crippen LogP contribution in [0.15, 0.2) is 30.4 Å². The number of rotatable bonds is 2. The molecule has 2 unspecified atom stereocenters. The zero-order chi connectivity index (χ0) is 15.6. The Bertz CT molecular complexity index is 529. The second-order valence-corrected chi connectivity index (χ2v) is 3.90. The van der Waals surface area contributed by atoms with Crippen molar-refractivity contribution in [3.63, 3.8) is 0 Å². The molecule has 0 aliphatic carbocycles. The fourth-order valence-electron chi connectivity index (χ4n) is 0.787. The van der Waals surface area contributed by atoms with E-state index in [4.69, 9.17) is 44.9 Å². The molecule has 0 bridgehead atoms. The number of carboxylic acids is 2. The van der Waals surface area contributed by atoms with Crippen molar-refractivity contribution in [3.8, 4) is 0 Å². The van der Waals surface area contributed by atoms with Crippen molar-refractivity contribution >= 4 is 45.7 Å². The molecule has 0 spiro atoms. The van der Waals surface area contributed by atoms with E-state index in [0.29, 0.717) is 0 Å². The van der Waals surface area contributed by atoms with Crippen molar-refractivity contribution < 1.29 is 39.3 Å². The van der Waals surface area contributed by atoms with Crippen LogP contribution in [0.5, 0.6) is 0 Å². The maximum Gasteiger partial charge on any atom is 0.372 e. The van der Waals surface area contributed by atoms with Crippen molar-refractivity contribution in [2.24, 2.45) is 41.9 Å². The zero-order valence-electron chi connectivity index (χ0n) is 10.0. The van der Waals surface area contributed by atoms with E-state index < -0.39 is 23.5 Å². The summed E-state index contributed by atoms with van der Waals surface area (Å²) in [4.78, 5) is 26.9. The van der Waals surface area contributed by atoms with Gasteiger partial charge in [-0.05, 0) is 23.2 Å². The van der Waals surface area contributed by atoms with Gasteiger partial charge in [0.1, 0.15) is 0 Å². The molecule has 0 radical (unpaired) electrons. The largest absolute Gasteiger partial charge is 0.477 e. The molecule has 0 saturated heterocycles. The van der Waals surface area contributed by atoms with Gasteiger partial charge in [0.25, 0.3) is 0 Å². The Balaban J connectivity index is 0.000000364. The molecule has 0 aromatic heterocycles. The Hall–Kier alpha value is -1.40. The van der Waals surface area contributed by atoms with Gasteiger partial charge in [-0.2, -0.15) is 9.98 Å². The summed E-state index contributed by atoms with van der Waals surface area (Å²) >= 11 is 10.4. The van der Waals surface area contributed by atoms with Gasteiger partial charge >= 0.3 is 23.5 Å². The molecule has 12 nitrogen and oxygen atoms in total. The van der Waals surface area contributed by atoms with Crippen LogP contribution in [0.4, 0.5) is 0 Å². The molecule has 21 heavy (non-hydrogen) atoms. The molecule has 0 fully saturated rings. The standard InChI is InChI=1S/2C3H3ClN4O2.Zn/c2*4-2-6-3(5,1(9)10)8-7-2;/h2*5H2,(H,9,10);. The smallest absolute Gasteiger partial charge is 0.372 e. The number of halogens is 2. The molecular formula is C6H6Cl2N8O4Zn. The number of carboxylic acid groups (broad SMARTS) is 2. The van der Waals surface area contributed by atoms with Gasteiger partial charge in [-0.25, -0.2) is 9.59 Å². The third-order valence-corrected chi connectivity index (χ3v) is 2.05. The summed E-state index contributed by atoms with van der Waals surface area (Å²) in [6, 6.07) is 0. The topological polar surface area (TPSA) is 201 Å². The van der Waals surface area contributed by atoms with Gasteiger partial charge in [0.2, 0.25) is 10.6 Å². The molecule has 0 amide bonds. The molecule has 0 aromatic rings. The Labute approximate surface area is 138 Å². The summed E-state index contributed by atoms with van der Waals surface area (Å²) in [5, 5.41) is 28.7. The second-order valence-electron chi connectivity index (χ2n) is 3.22. The van der Waals surface area contributed by atoms with E-state index in [1.54, 1.807) is 0 Å². The van der Waals surface area contributed by atoms with Crippen molar-refractivity contribution in [2.75, 3.05) is 0 Å². The molecule has 2 aliphatic heterocycles. The molecule has 2 aliphatic rings. The average molecular weight is 390 g/mol. The fourth-order valence-corrected chi connectivity index (χ4v) is 1.12. The third kappa shape index (κ3) is 4.82. The minimum Gasteiger partial charge on any atom is -0.477 e.